The molecule has 0 saturated carbocycles. The Labute approximate surface area is 130 Å². The number of aliphatic imine (C=N–C) groups is 1. The normalized spacial score (nSPS) is 8.65. The van der Waals surface area contributed by atoms with Crippen LogP contribution in [0.25, 0.3) is 0 Å². The van der Waals surface area contributed by atoms with Crippen LogP contribution in [0, 0.1) is 31.1 Å². The number of hydrogen-bond donors (Lipinski definition) is 1. The average molecular weight is 461 g/mol. The van der Waals surface area contributed by atoms with Crippen molar-refractivity contribution in [2.45, 2.75) is 47.5 Å². The van der Waals surface area contributed by atoms with Gasteiger partial charge in [0.1, 0.15) is 0 Å². The van der Waals surface area contributed by atoms with Gasteiger partial charge in [-0.25, -0.2) is 9.98 Å². The smallest absolute Gasteiger partial charge is 0.153 e. The first-order valence-corrected chi connectivity index (χ1v) is 5.94. The maximum atomic E-state index is 5.13. The van der Waals surface area contributed by atoms with E-state index in [1.807, 2.05) is 46.0 Å². The van der Waals surface area contributed by atoms with Crippen LogP contribution in [0.3, 0.4) is 0 Å². The van der Waals surface area contributed by atoms with Crippen LogP contribution in [0.1, 0.15) is 53.0 Å². The van der Waals surface area contributed by atoms with Crippen molar-refractivity contribution in [2.75, 3.05) is 0 Å². The molecule has 1 heterocycles. The summed E-state index contributed by atoms with van der Waals surface area (Å²) in [6.07, 6.45) is 3.07. The van der Waals surface area contributed by atoms with Crippen LogP contribution in [0.2, 0.25) is 0 Å². The Morgan fingerprint density at radius 3 is 2.00 bits per heavy atom. The molecule has 1 aromatic heterocycles. The standard InChI is InChI=1S/C9H13N3.2C2H6.U/c1-7(2)8-3-4-9(11-5-8)12-6-10;2*1-2;/h3-7H,1-2H3,(H2,10,11,12);2*1-2H3;. The number of aromatic nitrogens is 1. The van der Waals surface area contributed by atoms with E-state index in [0.717, 1.165) is 0 Å². The molecule has 0 atom stereocenters. The van der Waals surface area contributed by atoms with Crippen molar-refractivity contribution < 1.29 is 31.1 Å². The summed E-state index contributed by atoms with van der Waals surface area (Å²) < 4.78 is 0. The molecule has 0 fully saturated rings. The maximum Gasteiger partial charge on any atom is 0.153 e. The zero-order valence-corrected chi connectivity index (χ0v) is 16.0. The predicted molar refractivity (Wildman–Crippen MR) is 73.4 cm³/mol. The number of hydrogen-bond acceptors (Lipinski definition) is 2. The molecule has 2 N–H and O–H groups in total. The molecular formula is C13H25N3U. The van der Waals surface area contributed by atoms with Gasteiger partial charge in [0.25, 0.3) is 0 Å². The Morgan fingerprint density at radius 1 is 1.18 bits per heavy atom. The van der Waals surface area contributed by atoms with Crippen LogP contribution in [0.15, 0.2) is 23.3 Å². The first-order valence-electron chi connectivity index (χ1n) is 5.94. The van der Waals surface area contributed by atoms with Gasteiger partial charge in [-0.05, 0) is 17.5 Å². The predicted octanol–water partition coefficient (Wildman–Crippen LogP) is 3.88. The summed E-state index contributed by atoms with van der Waals surface area (Å²) in [6, 6.07) is 3.87. The molecule has 0 saturated heterocycles. The van der Waals surface area contributed by atoms with E-state index < -0.39 is 0 Å². The van der Waals surface area contributed by atoms with Crippen molar-refractivity contribution in [1.82, 2.24) is 4.98 Å². The molecule has 0 amide bonds. The van der Waals surface area contributed by atoms with Gasteiger partial charge in [0.15, 0.2) is 5.82 Å². The summed E-state index contributed by atoms with van der Waals surface area (Å²) in [5, 5.41) is 0. The molecule has 1 rings (SSSR count). The molecule has 0 unspecified atom stereocenters. The van der Waals surface area contributed by atoms with Gasteiger partial charge in [-0.2, -0.15) is 0 Å². The van der Waals surface area contributed by atoms with E-state index in [9.17, 15) is 0 Å². The van der Waals surface area contributed by atoms with Crippen molar-refractivity contribution in [3.63, 3.8) is 0 Å². The largest absolute Gasteiger partial charge is 0.390 e. The molecule has 4 heteroatoms. The van der Waals surface area contributed by atoms with Gasteiger partial charge in [0.2, 0.25) is 0 Å². The first kappa shape index (κ1) is 21.9. The van der Waals surface area contributed by atoms with Gasteiger partial charge in [-0.15, -0.1) is 0 Å². The van der Waals surface area contributed by atoms with Gasteiger partial charge in [-0.1, -0.05) is 47.6 Å². The Morgan fingerprint density at radius 2 is 1.71 bits per heavy atom. The zero-order chi connectivity index (χ0) is 13.0. The van der Waals surface area contributed by atoms with Crippen molar-refractivity contribution in [2.24, 2.45) is 10.7 Å². The molecule has 0 bridgehead atoms. The van der Waals surface area contributed by atoms with E-state index in [0.29, 0.717) is 11.7 Å². The van der Waals surface area contributed by atoms with Gasteiger partial charge in [-0.3, -0.25) is 0 Å². The fraction of sp³-hybridized carbons (Fsp3) is 0.538. The fourth-order valence-electron chi connectivity index (χ4n) is 0.892. The zero-order valence-electron chi connectivity index (χ0n) is 11.9. The molecule has 0 aliphatic carbocycles. The molecule has 1 aromatic rings. The van der Waals surface area contributed by atoms with Crippen LogP contribution in [0.4, 0.5) is 5.82 Å². The summed E-state index contributed by atoms with van der Waals surface area (Å²) in [7, 11) is 0. The minimum Gasteiger partial charge on any atom is -0.390 e. The molecule has 96 valence electrons. The van der Waals surface area contributed by atoms with E-state index >= 15 is 0 Å². The number of rotatable bonds is 2. The Kier molecular flexibility index (Phi) is 20.2. The topological polar surface area (TPSA) is 51.3 Å². The van der Waals surface area contributed by atoms with Gasteiger partial charge >= 0.3 is 0 Å². The summed E-state index contributed by atoms with van der Waals surface area (Å²) in [5.41, 5.74) is 6.34. The first-order chi connectivity index (χ1) is 7.74. The molecule has 0 aliphatic heterocycles. The molecule has 0 aliphatic rings. The summed E-state index contributed by atoms with van der Waals surface area (Å²) >= 11 is 0. The second kappa shape index (κ2) is 15.7. The second-order valence-corrected chi connectivity index (χ2v) is 2.88. The van der Waals surface area contributed by atoms with E-state index in [1.54, 1.807) is 0 Å². The fourth-order valence-corrected chi connectivity index (χ4v) is 0.892. The van der Waals surface area contributed by atoms with Crippen LogP contribution >= 0.6 is 0 Å². The average Bonchev–Trinajstić information content (AvgIpc) is 2.35. The van der Waals surface area contributed by atoms with Crippen LogP contribution < -0.4 is 5.73 Å². The SMILES string of the molecule is CC.CC.CC(C)c1ccc(N=CN)nc1.[U]. The third-order valence-electron chi connectivity index (χ3n) is 1.64. The van der Waals surface area contributed by atoms with Gasteiger partial charge in [0, 0.05) is 37.3 Å². The molecule has 0 aromatic carbocycles. The van der Waals surface area contributed by atoms with Crippen LogP contribution in [-0.2, 0) is 0 Å². The third-order valence-corrected chi connectivity index (χ3v) is 1.64. The van der Waals surface area contributed by atoms with E-state index in [2.05, 4.69) is 23.8 Å². The minimum atomic E-state index is 0. The van der Waals surface area contributed by atoms with Gasteiger partial charge < -0.3 is 5.73 Å². The molecule has 0 spiro atoms. The second-order valence-electron chi connectivity index (χ2n) is 2.88. The summed E-state index contributed by atoms with van der Waals surface area (Å²) in [6.45, 7) is 12.3. The van der Waals surface area contributed by atoms with E-state index in [4.69, 9.17) is 5.73 Å². The van der Waals surface area contributed by atoms with Gasteiger partial charge in [0.05, 0.1) is 6.34 Å². The van der Waals surface area contributed by atoms with Crippen molar-refractivity contribution >= 4 is 12.2 Å². The Hall–Kier alpha value is -0.328. The van der Waals surface area contributed by atoms with E-state index in [-0.39, 0.29) is 31.1 Å². The Balaban J connectivity index is -0.000000355. The van der Waals surface area contributed by atoms with Crippen LogP contribution in [-0.4, -0.2) is 11.3 Å². The number of nitrogens with zero attached hydrogens (tertiary/aromatic N) is 2. The van der Waals surface area contributed by atoms with Crippen molar-refractivity contribution in [3.05, 3.63) is 23.9 Å². The summed E-state index contributed by atoms with van der Waals surface area (Å²) in [5.74, 6) is 1.16. The Bertz CT molecular complexity index is 268. The van der Waals surface area contributed by atoms with Crippen molar-refractivity contribution in [1.29, 1.82) is 0 Å². The maximum absolute atomic E-state index is 5.13. The molecule has 0 radical (unpaired) electrons. The number of pyridine rings is 1. The number of nitrogens with two attached hydrogens (primary N) is 1. The van der Waals surface area contributed by atoms with E-state index in [1.165, 1.54) is 11.9 Å². The third kappa shape index (κ3) is 10.5. The molecule has 3 nitrogen and oxygen atoms in total. The molecule has 17 heavy (non-hydrogen) atoms. The minimum absolute atomic E-state index is 0. The van der Waals surface area contributed by atoms with Crippen molar-refractivity contribution in [3.8, 4) is 0 Å². The van der Waals surface area contributed by atoms with Crippen LogP contribution in [0.5, 0.6) is 0 Å². The molecular weight excluding hydrogens is 436 g/mol. The quantitative estimate of drug-likeness (QED) is 0.537. The monoisotopic (exact) mass is 461 g/mol. The summed E-state index contributed by atoms with van der Waals surface area (Å²) in [4.78, 5) is 7.96.